The highest BCUT2D eigenvalue weighted by molar-refractivity contribution is 6.03. The normalized spacial score (nSPS) is 11.1. The molecule has 0 saturated carbocycles. The molecular weight excluding hydrogens is 438 g/mol. The maximum absolute atomic E-state index is 13.1. The maximum atomic E-state index is 13.1. The Balaban J connectivity index is 1.55. The zero-order valence-electron chi connectivity index (χ0n) is 19.5. The van der Waals surface area contributed by atoms with Crippen LogP contribution in [0, 0.1) is 6.92 Å². The van der Waals surface area contributed by atoms with E-state index in [2.05, 4.69) is 4.98 Å². The fourth-order valence-corrected chi connectivity index (χ4v) is 3.83. The number of hydrogen-bond acceptors (Lipinski definition) is 7. The van der Waals surface area contributed by atoms with Gasteiger partial charge in [0.25, 0.3) is 5.56 Å². The summed E-state index contributed by atoms with van der Waals surface area (Å²) in [5.41, 5.74) is 0.489. The summed E-state index contributed by atoms with van der Waals surface area (Å²) in [7, 11) is 3.30. The Morgan fingerprint density at radius 1 is 1.15 bits per heavy atom. The number of carbonyl (C=O) groups excluding carboxylic acids is 2. The van der Waals surface area contributed by atoms with Crippen LogP contribution in [-0.2, 0) is 22.6 Å². The first-order valence-corrected chi connectivity index (χ1v) is 10.8. The van der Waals surface area contributed by atoms with Crippen LogP contribution < -0.4 is 10.3 Å². The molecule has 34 heavy (non-hydrogen) atoms. The van der Waals surface area contributed by atoms with Crippen molar-refractivity contribution in [2.24, 2.45) is 0 Å². The first kappa shape index (κ1) is 23.0. The maximum Gasteiger partial charge on any atom is 0.342 e. The number of furan rings is 1. The van der Waals surface area contributed by atoms with Gasteiger partial charge in [0.05, 0.1) is 13.7 Å². The van der Waals surface area contributed by atoms with Crippen LogP contribution in [0.1, 0.15) is 28.6 Å². The molecule has 0 spiro atoms. The van der Waals surface area contributed by atoms with Crippen LogP contribution in [0.15, 0.2) is 51.9 Å². The van der Waals surface area contributed by atoms with Crippen molar-refractivity contribution in [3.05, 3.63) is 70.0 Å². The molecule has 0 atom stereocenters. The number of nitrogens with zero attached hydrogens (tertiary/aromatic N) is 3. The van der Waals surface area contributed by atoms with E-state index in [0.717, 1.165) is 22.1 Å². The number of amides is 1. The van der Waals surface area contributed by atoms with Crippen LogP contribution in [0.4, 0.5) is 0 Å². The van der Waals surface area contributed by atoms with Gasteiger partial charge in [0, 0.05) is 13.6 Å². The van der Waals surface area contributed by atoms with Crippen LogP contribution in [0.3, 0.4) is 0 Å². The summed E-state index contributed by atoms with van der Waals surface area (Å²) in [6.07, 6.45) is 1.25. The number of rotatable bonds is 7. The minimum absolute atomic E-state index is 0.0128. The van der Waals surface area contributed by atoms with E-state index in [1.807, 2.05) is 36.4 Å². The van der Waals surface area contributed by atoms with E-state index in [-0.39, 0.29) is 41.5 Å². The molecule has 0 fully saturated rings. The van der Waals surface area contributed by atoms with Gasteiger partial charge >= 0.3 is 5.97 Å². The van der Waals surface area contributed by atoms with Crippen molar-refractivity contribution in [1.29, 1.82) is 0 Å². The number of aromatic nitrogens is 2. The Labute approximate surface area is 195 Å². The molecule has 0 saturated heterocycles. The van der Waals surface area contributed by atoms with E-state index >= 15 is 0 Å². The van der Waals surface area contributed by atoms with Gasteiger partial charge in [-0.3, -0.25) is 14.2 Å². The number of esters is 1. The van der Waals surface area contributed by atoms with E-state index in [1.165, 1.54) is 15.8 Å². The number of fused-ring (bicyclic) bond motifs is 2. The second kappa shape index (κ2) is 9.38. The Hall–Kier alpha value is -4.14. The summed E-state index contributed by atoms with van der Waals surface area (Å²) >= 11 is 0. The quantitative estimate of drug-likeness (QED) is 0.387. The van der Waals surface area contributed by atoms with Crippen molar-refractivity contribution in [1.82, 2.24) is 14.5 Å². The SMILES string of the molecule is CCOC(=O)c1c(C)oc2ncn(CC(=O)N(C)Cc3ccc4cc(OC)ccc4c3)c(=O)c12. The third-order valence-corrected chi connectivity index (χ3v) is 5.60. The molecule has 0 aliphatic rings. The standard InChI is InChI=1S/C25H25N3O6/c1-5-33-25(31)21-15(2)34-23-22(21)24(30)28(14-26-23)13-20(29)27(3)12-16-6-7-18-11-19(32-4)9-8-17(18)10-16/h6-11,14H,5,12-13H2,1-4H3. The van der Waals surface area contributed by atoms with Gasteiger partial charge in [0.2, 0.25) is 11.6 Å². The van der Waals surface area contributed by atoms with Crippen molar-refractivity contribution in [2.75, 3.05) is 20.8 Å². The number of methoxy groups -OCH3 is 1. The molecule has 4 rings (SSSR count). The number of aryl methyl sites for hydroxylation is 1. The van der Waals surface area contributed by atoms with Gasteiger partial charge < -0.3 is 18.8 Å². The smallest absolute Gasteiger partial charge is 0.342 e. The molecule has 0 bridgehead atoms. The monoisotopic (exact) mass is 463 g/mol. The van der Waals surface area contributed by atoms with Crippen LogP contribution in [-0.4, -0.2) is 47.1 Å². The van der Waals surface area contributed by atoms with Crippen molar-refractivity contribution < 1.29 is 23.5 Å². The van der Waals surface area contributed by atoms with Crippen molar-refractivity contribution in [2.45, 2.75) is 26.9 Å². The van der Waals surface area contributed by atoms with Crippen LogP contribution in [0.25, 0.3) is 21.9 Å². The summed E-state index contributed by atoms with van der Waals surface area (Å²) in [6.45, 7) is 3.54. The topological polar surface area (TPSA) is 104 Å². The molecule has 0 aliphatic carbocycles. The minimum atomic E-state index is -0.659. The lowest BCUT2D eigenvalue weighted by atomic mass is 10.1. The molecule has 1 amide bonds. The predicted molar refractivity (Wildman–Crippen MR) is 126 cm³/mol. The molecular formula is C25H25N3O6. The predicted octanol–water partition coefficient (Wildman–Crippen LogP) is 3.30. The lowest BCUT2D eigenvalue weighted by molar-refractivity contribution is -0.131. The highest BCUT2D eigenvalue weighted by Gasteiger charge is 2.24. The van der Waals surface area contributed by atoms with Gasteiger partial charge in [0.1, 0.15) is 35.3 Å². The van der Waals surface area contributed by atoms with Gasteiger partial charge in [-0.05, 0) is 48.4 Å². The molecule has 0 N–H and O–H groups in total. The molecule has 0 unspecified atom stereocenters. The first-order chi connectivity index (χ1) is 16.3. The third-order valence-electron chi connectivity index (χ3n) is 5.60. The highest BCUT2D eigenvalue weighted by Crippen LogP contribution is 2.23. The van der Waals surface area contributed by atoms with E-state index in [9.17, 15) is 14.4 Å². The average Bonchev–Trinajstić information content (AvgIpc) is 3.17. The second-order valence-corrected chi connectivity index (χ2v) is 7.91. The van der Waals surface area contributed by atoms with E-state index < -0.39 is 11.5 Å². The Morgan fingerprint density at radius 3 is 2.62 bits per heavy atom. The van der Waals surface area contributed by atoms with Gasteiger partial charge in [-0.1, -0.05) is 18.2 Å². The van der Waals surface area contributed by atoms with Gasteiger partial charge in [-0.2, -0.15) is 0 Å². The fourth-order valence-electron chi connectivity index (χ4n) is 3.83. The van der Waals surface area contributed by atoms with Crippen LogP contribution >= 0.6 is 0 Å². The number of carbonyl (C=O) groups is 2. The second-order valence-electron chi connectivity index (χ2n) is 7.91. The molecule has 2 aromatic heterocycles. The van der Waals surface area contributed by atoms with Crippen molar-refractivity contribution in [3.8, 4) is 5.75 Å². The Bertz CT molecular complexity index is 1450. The van der Waals surface area contributed by atoms with E-state index in [1.54, 1.807) is 28.0 Å². The number of hydrogen-bond donors (Lipinski definition) is 0. The van der Waals surface area contributed by atoms with Gasteiger partial charge in [0.15, 0.2) is 0 Å². The summed E-state index contributed by atoms with van der Waals surface area (Å²) in [6, 6.07) is 11.7. The summed E-state index contributed by atoms with van der Waals surface area (Å²) in [5, 5.41) is 2.08. The van der Waals surface area contributed by atoms with E-state index in [4.69, 9.17) is 13.9 Å². The Kier molecular flexibility index (Phi) is 6.36. The molecule has 2 aromatic carbocycles. The third kappa shape index (κ3) is 4.36. The highest BCUT2D eigenvalue weighted by atomic mass is 16.5. The van der Waals surface area contributed by atoms with Crippen molar-refractivity contribution in [3.63, 3.8) is 0 Å². The van der Waals surface area contributed by atoms with E-state index in [0.29, 0.717) is 6.54 Å². The molecule has 0 aliphatic heterocycles. The fraction of sp³-hybridized carbons (Fsp3) is 0.280. The largest absolute Gasteiger partial charge is 0.497 e. The van der Waals surface area contributed by atoms with Gasteiger partial charge in [-0.25, -0.2) is 9.78 Å². The number of benzene rings is 2. The van der Waals surface area contributed by atoms with Crippen molar-refractivity contribution >= 4 is 33.7 Å². The van der Waals surface area contributed by atoms with Crippen LogP contribution in [0.5, 0.6) is 5.75 Å². The first-order valence-electron chi connectivity index (χ1n) is 10.8. The lowest BCUT2D eigenvalue weighted by Crippen LogP contribution is -2.34. The molecule has 9 nitrogen and oxygen atoms in total. The van der Waals surface area contributed by atoms with Crippen LogP contribution in [0.2, 0.25) is 0 Å². The summed E-state index contributed by atoms with van der Waals surface area (Å²) in [5.74, 6) is 0.0828. The molecule has 176 valence electrons. The Morgan fingerprint density at radius 2 is 1.88 bits per heavy atom. The summed E-state index contributed by atoms with van der Waals surface area (Å²) < 4.78 is 16.9. The lowest BCUT2D eigenvalue weighted by Gasteiger charge is -2.18. The van der Waals surface area contributed by atoms with Gasteiger partial charge in [-0.15, -0.1) is 0 Å². The number of ether oxygens (including phenoxy) is 2. The zero-order chi connectivity index (χ0) is 24.4. The average molecular weight is 463 g/mol. The zero-order valence-corrected chi connectivity index (χ0v) is 19.5. The molecule has 0 radical (unpaired) electrons. The number of likely N-dealkylation sites (N-methyl/N-ethyl adjacent to an activating group) is 1. The molecule has 4 aromatic rings. The molecule has 9 heteroatoms. The molecule has 2 heterocycles. The minimum Gasteiger partial charge on any atom is -0.497 e. The summed E-state index contributed by atoms with van der Waals surface area (Å²) in [4.78, 5) is 43.9.